The molecule has 100 valence electrons. The van der Waals surface area contributed by atoms with Crippen LogP contribution in [0.3, 0.4) is 0 Å². The first-order valence-electron chi connectivity index (χ1n) is 6.67. The third-order valence-electron chi connectivity index (χ3n) is 3.66. The molecule has 5 nitrogen and oxygen atoms in total. The molecule has 1 aliphatic rings. The van der Waals surface area contributed by atoms with Gasteiger partial charge in [0.25, 0.3) is 0 Å². The topological polar surface area (TPSA) is 72.9 Å². The van der Waals surface area contributed by atoms with E-state index in [9.17, 15) is 4.79 Å². The summed E-state index contributed by atoms with van der Waals surface area (Å²) >= 11 is 0. The molecule has 1 fully saturated rings. The summed E-state index contributed by atoms with van der Waals surface area (Å²) in [5.41, 5.74) is 7.69. The van der Waals surface area contributed by atoms with Gasteiger partial charge >= 0.3 is 0 Å². The van der Waals surface area contributed by atoms with Crippen molar-refractivity contribution in [2.24, 2.45) is 11.7 Å². The first kappa shape index (κ1) is 13.1. The second kappa shape index (κ2) is 5.52. The molecule has 0 bridgehead atoms. The molecular formula is C13H22N4O. The van der Waals surface area contributed by atoms with Crippen molar-refractivity contribution in [1.29, 1.82) is 0 Å². The monoisotopic (exact) mass is 250 g/mol. The number of hydrogen-bond acceptors (Lipinski definition) is 3. The normalized spacial score (nSPS) is 24.1. The van der Waals surface area contributed by atoms with Crippen LogP contribution in [0.5, 0.6) is 0 Å². The lowest BCUT2D eigenvalue weighted by molar-refractivity contribution is -0.123. The Balaban J connectivity index is 2.13. The lowest BCUT2D eigenvalue weighted by Gasteiger charge is -2.30. The number of piperidine rings is 1. The number of aryl methyl sites for hydroxylation is 2. The van der Waals surface area contributed by atoms with Crippen LogP contribution in [0.15, 0.2) is 6.07 Å². The van der Waals surface area contributed by atoms with Gasteiger partial charge in [-0.05, 0) is 39.3 Å². The third-order valence-corrected chi connectivity index (χ3v) is 3.66. The van der Waals surface area contributed by atoms with Crippen LogP contribution in [0, 0.1) is 12.8 Å². The van der Waals surface area contributed by atoms with E-state index in [1.54, 1.807) is 0 Å². The Bertz CT molecular complexity index is 427. The zero-order chi connectivity index (χ0) is 13.1. The Kier molecular flexibility index (Phi) is 4.01. The summed E-state index contributed by atoms with van der Waals surface area (Å²) in [5.74, 6) is -0.245. The standard InChI is InChI=1S/C13H22N4O/c1-3-17-10(7-9(2)16-17)8-12-11(13(14)18)5-4-6-15-12/h7,11-12,15H,3-6,8H2,1-2H3,(H2,14,18). The van der Waals surface area contributed by atoms with E-state index in [2.05, 4.69) is 23.4 Å². The van der Waals surface area contributed by atoms with Crippen LogP contribution >= 0.6 is 0 Å². The van der Waals surface area contributed by atoms with E-state index in [-0.39, 0.29) is 17.9 Å². The summed E-state index contributed by atoms with van der Waals surface area (Å²) < 4.78 is 2.00. The second-order valence-electron chi connectivity index (χ2n) is 5.01. The molecule has 1 saturated heterocycles. The highest BCUT2D eigenvalue weighted by molar-refractivity contribution is 5.77. The van der Waals surface area contributed by atoms with Gasteiger partial charge in [-0.25, -0.2) is 0 Å². The molecule has 1 aliphatic heterocycles. The maximum Gasteiger partial charge on any atom is 0.222 e. The molecule has 0 radical (unpaired) electrons. The van der Waals surface area contributed by atoms with Gasteiger partial charge in [-0.3, -0.25) is 9.48 Å². The van der Waals surface area contributed by atoms with E-state index in [4.69, 9.17) is 5.73 Å². The van der Waals surface area contributed by atoms with Crippen molar-refractivity contribution in [3.63, 3.8) is 0 Å². The van der Waals surface area contributed by atoms with Crippen LogP contribution in [-0.4, -0.2) is 28.3 Å². The zero-order valence-corrected chi connectivity index (χ0v) is 11.1. The molecule has 2 unspecified atom stereocenters. The summed E-state index contributed by atoms with van der Waals surface area (Å²) in [5, 5.41) is 7.85. The Morgan fingerprint density at radius 3 is 3.11 bits per heavy atom. The van der Waals surface area contributed by atoms with Crippen molar-refractivity contribution < 1.29 is 4.79 Å². The molecule has 0 aliphatic carbocycles. The van der Waals surface area contributed by atoms with Crippen molar-refractivity contribution in [2.45, 2.75) is 45.7 Å². The highest BCUT2D eigenvalue weighted by atomic mass is 16.1. The predicted molar refractivity (Wildman–Crippen MR) is 70.1 cm³/mol. The fraction of sp³-hybridized carbons (Fsp3) is 0.692. The van der Waals surface area contributed by atoms with E-state index >= 15 is 0 Å². The smallest absolute Gasteiger partial charge is 0.222 e. The third kappa shape index (κ3) is 2.72. The van der Waals surface area contributed by atoms with E-state index in [1.807, 2.05) is 11.6 Å². The molecule has 1 aromatic heterocycles. The van der Waals surface area contributed by atoms with Crippen LogP contribution in [-0.2, 0) is 17.8 Å². The van der Waals surface area contributed by atoms with E-state index in [0.29, 0.717) is 0 Å². The average molecular weight is 250 g/mol. The maximum atomic E-state index is 11.5. The van der Waals surface area contributed by atoms with Gasteiger partial charge in [-0.15, -0.1) is 0 Å². The Labute approximate surface area is 108 Å². The van der Waals surface area contributed by atoms with Gasteiger partial charge in [0, 0.05) is 24.7 Å². The van der Waals surface area contributed by atoms with Crippen molar-refractivity contribution in [2.75, 3.05) is 6.54 Å². The number of carbonyl (C=O) groups excluding carboxylic acids is 1. The molecule has 3 N–H and O–H groups in total. The Morgan fingerprint density at radius 1 is 1.67 bits per heavy atom. The quantitative estimate of drug-likeness (QED) is 0.822. The first-order valence-corrected chi connectivity index (χ1v) is 6.67. The van der Waals surface area contributed by atoms with Gasteiger partial charge in [0.2, 0.25) is 5.91 Å². The summed E-state index contributed by atoms with van der Waals surface area (Å²) in [6, 6.07) is 2.25. The molecule has 5 heteroatoms. The SMILES string of the molecule is CCn1nc(C)cc1CC1NCCCC1C(N)=O. The Hall–Kier alpha value is -1.36. The van der Waals surface area contributed by atoms with Crippen LogP contribution in [0.1, 0.15) is 31.2 Å². The van der Waals surface area contributed by atoms with E-state index < -0.39 is 0 Å². The number of aromatic nitrogens is 2. The lowest BCUT2D eigenvalue weighted by atomic mass is 9.87. The summed E-state index contributed by atoms with van der Waals surface area (Å²) in [6.45, 7) is 5.90. The molecule has 0 saturated carbocycles. The highest BCUT2D eigenvalue weighted by Crippen LogP contribution is 2.20. The largest absolute Gasteiger partial charge is 0.369 e. The zero-order valence-electron chi connectivity index (χ0n) is 11.1. The average Bonchev–Trinajstić information content (AvgIpc) is 2.70. The molecule has 2 rings (SSSR count). The number of amides is 1. The van der Waals surface area contributed by atoms with Crippen LogP contribution in [0.2, 0.25) is 0 Å². The maximum absolute atomic E-state index is 11.5. The lowest BCUT2D eigenvalue weighted by Crippen LogP contribution is -2.48. The minimum absolute atomic E-state index is 0.0562. The number of hydrogen-bond donors (Lipinski definition) is 2. The van der Waals surface area contributed by atoms with Crippen molar-refractivity contribution in [3.8, 4) is 0 Å². The van der Waals surface area contributed by atoms with Gasteiger partial charge < -0.3 is 11.1 Å². The number of nitrogens with zero attached hydrogens (tertiary/aromatic N) is 2. The molecule has 0 aromatic carbocycles. The van der Waals surface area contributed by atoms with Crippen molar-refractivity contribution in [1.82, 2.24) is 15.1 Å². The molecule has 18 heavy (non-hydrogen) atoms. The molecule has 2 atom stereocenters. The fourth-order valence-corrected chi connectivity index (χ4v) is 2.77. The van der Waals surface area contributed by atoms with E-state index in [1.165, 1.54) is 5.69 Å². The second-order valence-corrected chi connectivity index (χ2v) is 5.01. The minimum Gasteiger partial charge on any atom is -0.369 e. The van der Waals surface area contributed by atoms with E-state index in [0.717, 1.165) is 38.0 Å². The number of rotatable bonds is 4. The van der Waals surface area contributed by atoms with Crippen molar-refractivity contribution in [3.05, 3.63) is 17.5 Å². The number of carbonyl (C=O) groups is 1. The summed E-state index contributed by atoms with van der Waals surface area (Å²) in [4.78, 5) is 11.5. The number of nitrogens with two attached hydrogens (primary N) is 1. The highest BCUT2D eigenvalue weighted by Gasteiger charge is 2.29. The molecule has 2 heterocycles. The first-order chi connectivity index (χ1) is 8.61. The predicted octanol–water partition coefficient (Wildman–Crippen LogP) is 0.607. The van der Waals surface area contributed by atoms with Crippen molar-refractivity contribution >= 4 is 5.91 Å². The van der Waals surface area contributed by atoms with Gasteiger partial charge in [0.05, 0.1) is 11.6 Å². The fourth-order valence-electron chi connectivity index (χ4n) is 2.77. The summed E-state index contributed by atoms with van der Waals surface area (Å²) in [7, 11) is 0. The van der Waals surface area contributed by atoms with Gasteiger partial charge in [0.15, 0.2) is 0 Å². The van der Waals surface area contributed by atoms with Gasteiger partial charge in [-0.1, -0.05) is 0 Å². The van der Waals surface area contributed by atoms with Crippen LogP contribution in [0.25, 0.3) is 0 Å². The van der Waals surface area contributed by atoms with Crippen LogP contribution < -0.4 is 11.1 Å². The molecule has 0 spiro atoms. The van der Waals surface area contributed by atoms with Gasteiger partial charge in [-0.2, -0.15) is 5.10 Å². The molecule has 1 aromatic rings. The number of nitrogens with one attached hydrogen (secondary N) is 1. The van der Waals surface area contributed by atoms with Gasteiger partial charge in [0.1, 0.15) is 0 Å². The minimum atomic E-state index is -0.188. The molecular weight excluding hydrogens is 228 g/mol. The summed E-state index contributed by atoms with van der Waals surface area (Å²) in [6.07, 6.45) is 2.74. The van der Waals surface area contributed by atoms with Crippen LogP contribution in [0.4, 0.5) is 0 Å². The molecule has 1 amide bonds. The Morgan fingerprint density at radius 2 is 2.44 bits per heavy atom. The number of primary amides is 1.